The Morgan fingerprint density at radius 3 is 1.84 bits per heavy atom. The van der Waals surface area contributed by atoms with Crippen LogP contribution in [0, 0.1) is 0 Å². The number of carbonyl (C=O) groups excluding carboxylic acids is 1. The number of rotatable bonds is 3. The zero-order chi connectivity index (χ0) is 38.3. The highest BCUT2D eigenvalue weighted by Gasteiger charge is 2.27. The third kappa shape index (κ3) is 5.01. The van der Waals surface area contributed by atoms with Gasteiger partial charge < -0.3 is 4.57 Å². The summed E-state index contributed by atoms with van der Waals surface area (Å²) in [6.45, 7) is 0. The van der Waals surface area contributed by atoms with Crippen LogP contribution in [-0.4, -0.2) is 20.0 Å². The Hall–Kier alpha value is -7.30. The van der Waals surface area contributed by atoms with Crippen LogP contribution in [0.5, 0.6) is 0 Å². The van der Waals surface area contributed by atoms with E-state index in [4.69, 9.17) is 4.98 Å². The van der Waals surface area contributed by atoms with Crippen molar-refractivity contribution in [2.75, 3.05) is 0 Å². The summed E-state index contributed by atoms with van der Waals surface area (Å²) in [5.74, 6) is 0.934. The molecule has 2 aromatic heterocycles. The van der Waals surface area contributed by atoms with Gasteiger partial charge in [0.1, 0.15) is 5.82 Å². The summed E-state index contributed by atoms with van der Waals surface area (Å²) >= 11 is 0. The molecule has 0 radical (unpaired) electrons. The van der Waals surface area contributed by atoms with Gasteiger partial charge in [0.2, 0.25) is 5.91 Å². The molecular formula is C54H37N3O. The van der Waals surface area contributed by atoms with Crippen molar-refractivity contribution >= 4 is 71.1 Å². The Morgan fingerprint density at radius 2 is 1.07 bits per heavy atom. The number of imidazole rings is 1. The Kier molecular flexibility index (Phi) is 7.30. The second-order valence-corrected chi connectivity index (χ2v) is 15.8. The third-order valence-electron chi connectivity index (χ3n) is 12.6. The molecule has 1 unspecified atom stereocenters. The molecule has 0 saturated carbocycles. The molecule has 0 aliphatic carbocycles. The van der Waals surface area contributed by atoms with Gasteiger partial charge >= 0.3 is 0 Å². The fourth-order valence-electron chi connectivity index (χ4n) is 9.87. The zero-order valence-corrected chi connectivity index (χ0v) is 31.8. The number of carbonyl (C=O) groups is 1. The monoisotopic (exact) mass is 743 g/mol. The van der Waals surface area contributed by atoms with Gasteiger partial charge in [-0.1, -0.05) is 140 Å². The molecule has 58 heavy (non-hydrogen) atoms. The molecule has 0 fully saturated rings. The molecule has 1 aliphatic heterocycles. The molecular weight excluding hydrogens is 707 g/mol. The number of nitrogens with zero attached hydrogens (tertiary/aromatic N) is 3. The molecule has 0 saturated heterocycles. The van der Waals surface area contributed by atoms with Gasteiger partial charge in [0, 0.05) is 28.4 Å². The van der Waals surface area contributed by atoms with E-state index < -0.39 is 0 Å². The molecule has 274 valence electrons. The fourth-order valence-corrected chi connectivity index (χ4v) is 9.87. The second-order valence-electron chi connectivity index (χ2n) is 15.8. The van der Waals surface area contributed by atoms with Gasteiger partial charge in [-0.3, -0.25) is 9.36 Å². The van der Waals surface area contributed by atoms with Crippen LogP contribution in [0.1, 0.15) is 34.7 Å². The summed E-state index contributed by atoms with van der Waals surface area (Å²) in [6, 6.07) is 65.5. The molecule has 0 spiro atoms. The van der Waals surface area contributed by atoms with Gasteiger partial charge in [0.15, 0.2) is 0 Å². The lowest BCUT2D eigenvalue weighted by atomic mass is 9.84. The topological polar surface area (TPSA) is 39.8 Å². The number of aromatic nitrogens is 3. The molecule has 4 heteroatoms. The standard InChI is InChI=1S/C54H37N3O/c58-53-29-25-35(36-23-27-45-43-16-5-4-14-41(43)42-15-6-7-17-44(42)47(45)32-36)31-38-30-34(22-26-40(38)54-55-49-19-9-11-21-52(49)57(53)54)37-24-28-51-48(33-37)46-18-8-10-20-50(46)56(51)39-12-2-1-3-13-39/h1-24,26-28,30,32-33,35H,25,29,31H2. The van der Waals surface area contributed by atoms with E-state index in [2.05, 4.69) is 162 Å². The van der Waals surface area contributed by atoms with Gasteiger partial charge in [0.25, 0.3) is 0 Å². The maximum Gasteiger partial charge on any atom is 0.232 e. The van der Waals surface area contributed by atoms with Crippen molar-refractivity contribution in [3.8, 4) is 28.2 Å². The van der Waals surface area contributed by atoms with E-state index in [-0.39, 0.29) is 11.8 Å². The van der Waals surface area contributed by atoms with Crippen molar-refractivity contribution in [2.45, 2.75) is 25.2 Å². The predicted molar refractivity (Wildman–Crippen MR) is 240 cm³/mol. The van der Waals surface area contributed by atoms with E-state index in [9.17, 15) is 4.79 Å². The van der Waals surface area contributed by atoms with Crippen molar-refractivity contribution in [3.05, 3.63) is 193 Å². The minimum atomic E-state index is 0.0862. The average Bonchev–Trinajstić information content (AvgIpc) is 3.85. The van der Waals surface area contributed by atoms with Crippen molar-refractivity contribution in [2.24, 2.45) is 0 Å². The summed E-state index contributed by atoms with van der Waals surface area (Å²) in [5.41, 5.74) is 11.0. The van der Waals surface area contributed by atoms with E-state index >= 15 is 0 Å². The van der Waals surface area contributed by atoms with Crippen molar-refractivity contribution < 1.29 is 4.79 Å². The van der Waals surface area contributed by atoms with Crippen molar-refractivity contribution in [1.82, 2.24) is 14.1 Å². The van der Waals surface area contributed by atoms with Crippen LogP contribution in [0.15, 0.2) is 182 Å². The molecule has 0 N–H and O–H groups in total. The largest absolute Gasteiger partial charge is 0.309 e. The first-order valence-corrected chi connectivity index (χ1v) is 20.2. The molecule has 1 atom stereocenters. The Bertz CT molecular complexity index is 3430. The van der Waals surface area contributed by atoms with Crippen LogP contribution in [0.4, 0.5) is 0 Å². The highest BCUT2D eigenvalue weighted by Crippen LogP contribution is 2.42. The van der Waals surface area contributed by atoms with Gasteiger partial charge in [-0.15, -0.1) is 0 Å². The van der Waals surface area contributed by atoms with Gasteiger partial charge in [0.05, 0.1) is 22.1 Å². The van der Waals surface area contributed by atoms with Crippen LogP contribution < -0.4 is 0 Å². The summed E-state index contributed by atoms with van der Waals surface area (Å²) in [7, 11) is 0. The Balaban J connectivity index is 1.04. The zero-order valence-electron chi connectivity index (χ0n) is 31.8. The first-order chi connectivity index (χ1) is 28.7. The number of hydrogen-bond donors (Lipinski definition) is 0. The predicted octanol–water partition coefficient (Wildman–Crippen LogP) is 13.7. The summed E-state index contributed by atoms with van der Waals surface area (Å²) in [6.07, 6.45) is 1.94. The normalized spacial score (nSPS) is 14.6. The van der Waals surface area contributed by atoms with E-state index in [0.717, 1.165) is 52.1 Å². The lowest BCUT2D eigenvalue weighted by Gasteiger charge is -2.20. The quantitative estimate of drug-likeness (QED) is 0.169. The highest BCUT2D eigenvalue weighted by molar-refractivity contribution is 6.25. The van der Waals surface area contributed by atoms with E-state index in [1.165, 1.54) is 65.3 Å². The fraction of sp³-hybridized carbons (Fsp3) is 0.0741. The Labute approximate surface area is 335 Å². The smallest absolute Gasteiger partial charge is 0.232 e. The summed E-state index contributed by atoms with van der Waals surface area (Å²) in [5, 5.41) is 10.0. The Morgan fingerprint density at radius 1 is 0.466 bits per heavy atom. The van der Waals surface area contributed by atoms with Crippen molar-refractivity contribution in [3.63, 3.8) is 0 Å². The number of benzene rings is 9. The second kappa shape index (κ2) is 12.9. The van der Waals surface area contributed by atoms with Crippen LogP contribution in [0.3, 0.4) is 0 Å². The molecule has 11 aromatic rings. The molecule has 4 nitrogen and oxygen atoms in total. The molecule has 12 rings (SSSR count). The van der Waals surface area contributed by atoms with Crippen LogP contribution in [-0.2, 0) is 6.42 Å². The van der Waals surface area contributed by atoms with Crippen LogP contribution in [0.25, 0.3) is 93.4 Å². The first-order valence-electron chi connectivity index (χ1n) is 20.2. The van der Waals surface area contributed by atoms with Gasteiger partial charge in [-0.05, 0) is 116 Å². The highest BCUT2D eigenvalue weighted by atomic mass is 16.2. The van der Waals surface area contributed by atoms with Crippen LogP contribution >= 0.6 is 0 Å². The van der Waals surface area contributed by atoms with Crippen molar-refractivity contribution in [1.29, 1.82) is 0 Å². The van der Waals surface area contributed by atoms with Crippen LogP contribution in [0.2, 0.25) is 0 Å². The average molecular weight is 744 g/mol. The molecule has 0 amide bonds. The maximum absolute atomic E-state index is 14.4. The van der Waals surface area contributed by atoms with Gasteiger partial charge in [-0.2, -0.15) is 0 Å². The minimum absolute atomic E-state index is 0.0862. The van der Waals surface area contributed by atoms with Gasteiger partial charge in [-0.25, -0.2) is 4.98 Å². The lowest BCUT2D eigenvalue weighted by molar-refractivity contribution is 0.0904. The summed E-state index contributed by atoms with van der Waals surface area (Å²) < 4.78 is 4.24. The first kappa shape index (κ1) is 32.9. The summed E-state index contributed by atoms with van der Waals surface area (Å²) in [4.78, 5) is 19.5. The third-order valence-corrected chi connectivity index (χ3v) is 12.6. The molecule has 3 heterocycles. The minimum Gasteiger partial charge on any atom is -0.309 e. The van der Waals surface area contributed by atoms with E-state index in [0.29, 0.717) is 6.42 Å². The van der Waals surface area contributed by atoms with E-state index in [1.54, 1.807) is 0 Å². The molecule has 0 bridgehead atoms. The molecule has 1 aliphatic rings. The molecule has 9 aromatic carbocycles. The number of hydrogen-bond acceptors (Lipinski definition) is 2. The lowest BCUT2D eigenvalue weighted by Crippen LogP contribution is -2.12. The van der Waals surface area contributed by atoms with E-state index in [1.807, 2.05) is 28.8 Å². The number of fused-ring (bicyclic) bond motifs is 14. The SMILES string of the molecule is O=C1CCC(c2ccc3c4ccccc4c4ccccc4c3c2)Cc2cc(-c3ccc4c(c3)c3ccccc3n4-c3ccccc3)ccc2-c2nc3ccccc3n21. The number of para-hydroxylation sites is 4. The maximum atomic E-state index is 14.4.